The second-order valence-electron chi connectivity index (χ2n) is 3.58. The summed E-state index contributed by atoms with van der Waals surface area (Å²) in [6, 6.07) is 6.13. The highest BCUT2D eigenvalue weighted by Crippen LogP contribution is 2.10. The normalized spacial score (nSPS) is 13.9. The molecule has 1 aromatic rings. The van der Waals surface area contributed by atoms with Crippen LogP contribution in [0.4, 0.5) is 0 Å². The zero-order valence-corrected chi connectivity index (χ0v) is 10.1. The number of carboxylic acids is 1. The van der Waals surface area contributed by atoms with E-state index in [-0.39, 0.29) is 11.3 Å². The molecule has 0 spiro atoms. The molecule has 1 rings (SSSR count). The van der Waals surface area contributed by atoms with Crippen molar-refractivity contribution in [2.24, 2.45) is 5.73 Å². The van der Waals surface area contributed by atoms with Gasteiger partial charge in [-0.2, -0.15) is 0 Å². The first-order valence-corrected chi connectivity index (χ1v) is 6.28. The average Bonchev–Trinajstić information content (AvgIpc) is 2.28. The minimum absolute atomic E-state index is 0.116. The quantitative estimate of drug-likeness (QED) is 0.800. The van der Waals surface area contributed by atoms with Gasteiger partial charge in [-0.3, -0.25) is 9.00 Å². The van der Waals surface area contributed by atoms with E-state index in [9.17, 15) is 13.8 Å². The first kappa shape index (κ1) is 13.4. The number of nitrogens with two attached hydrogens (primary N) is 1. The fraction of sp³-hybridized carbons (Fsp3) is 0.273. The van der Waals surface area contributed by atoms with Crippen molar-refractivity contribution in [2.45, 2.75) is 17.9 Å². The lowest BCUT2D eigenvalue weighted by Crippen LogP contribution is -2.30. The van der Waals surface area contributed by atoms with E-state index in [2.05, 4.69) is 0 Å². The van der Waals surface area contributed by atoms with Gasteiger partial charge in [0.15, 0.2) is 0 Å². The largest absolute Gasteiger partial charge is 0.478 e. The molecule has 0 aliphatic carbocycles. The van der Waals surface area contributed by atoms with Crippen molar-refractivity contribution in [2.75, 3.05) is 0 Å². The van der Waals surface area contributed by atoms with Crippen LogP contribution in [0.1, 0.15) is 22.8 Å². The lowest BCUT2D eigenvalue weighted by molar-refractivity contribution is -0.117. The van der Waals surface area contributed by atoms with Crippen LogP contribution in [0.25, 0.3) is 0 Å². The van der Waals surface area contributed by atoms with Gasteiger partial charge in [-0.1, -0.05) is 12.1 Å². The summed E-state index contributed by atoms with van der Waals surface area (Å²) in [4.78, 5) is 21.6. The van der Waals surface area contributed by atoms with E-state index < -0.39 is 27.9 Å². The van der Waals surface area contributed by atoms with Gasteiger partial charge in [-0.15, -0.1) is 0 Å². The van der Waals surface area contributed by atoms with Crippen LogP contribution in [0, 0.1) is 0 Å². The van der Waals surface area contributed by atoms with Crippen LogP contribution in [0.5, 0.6) is 0 Å². The van der Waals surface area contributed by atoms with Crippen LogP contribution in [0.15, 0.2) is 24.3 Å². The Labute approximate surface area is 101 Å². The summed E-state index contributed by atoms with van der Waals surface area (Å²) in [6.45, 7) is 1.49. The highest BCUT2D eigenvalue weighted by molar-refractivity contribution is 7.85. The van der Waals surface area contributed by atoms with Gasteiger partial charge in [0.2, 0.25) is 5.91 Å². The van der Waals surface area contributed by atoms with Crippen molar-refractivity contribution in [3.63, 3.8) is 0 Å². The zero-order chi connectivity index (χ0) is 13.0. The van der Waals surface area contributed by atoms with Crippen molar-refractivity contribution in [3.05, 3.63) is 35.4 Å². The molecule has 5 nitrogen and oxygen atoms in total. The molecule has 0 aliphatic heterocycles. The molecule has 3 N–H and O–H groups in total. The molecular weight excluding hydrogens is 242 g/mol. The Balaban J connectivity index is 2.82. The standard InChI is InChI=1S/C11H13NO4S/c1-7(10(12)13)17(16)6-8-3-2-4-9(5-8)11(14)15/h2-5,7H,6H2,1H3,(H2,12,13)(H,14,15). The van der Waals surface area contributed by atoms with Gasteiger partial charge in [0.25, 0.3) is 0 Å². The monoisotopic (exact) mass is 255 g/mol. The zero-order valence-electron chi connectivity index (χ0n) is 9.25. The average molecular weight is 255 g/mol. The Hall–Kier alpha value is -1.69. The number of hydrogen-bond donors (Lipinski definition) is 2. The maximum absolute atomic E-state index is 11.7. The van der Waals surface area contributed by atoms with E-state index in [0.29, 0.717) is 5.56 Å². The van der Waals surface area contributed by atoms with Gasteiger partial charge in [0, 0.05) is 16.6 Å². The minimum Gasteiger partial charge on any atom is -0.478 e. The van der Waals surface area contributed by atoms with E-state index in [1.54, 1.807) is 12.1 Å². The summed E-state index contributed by atoms with van der Waals surface area (Å²) >= 11 is 0. The van der Waals surface area contributed by atoms with Crippen molar-refractivity contribution in [3.8, 4) is 0 Å². The van der Waals surface area contributed by atoms with Crippen LogP contribution in [0.3, 0.4) is 0 Å². The first-order chi connectivity index (χ1) is 7.91. The van der Waals surface area contributed by atoms with E-state index in [0.717, 1.165) is 0 Å². The molecule has 0 aliphatic rings. The van der Waals surface area contributed by atoms with Crippen LogP contribution in [-0.4, -0.2) is 26.4 Å². The number of aromatic carboxylic acids is 1. The van der Waals surface area contributed by atoms with Crippen LogP contribution >= 0.6 is 0 Å². The Morgan fingerprint density at radius 2 is 2.12 bits per heavy atom. The Morgan fingerprint density at radius 1 is 1.47 bits per heavy atom. The number of carbonyl (C=O) groups is 2. The SMILES string of the molecule is CC(C(N)=O)S(=O)Cc1cccc(C(=O)O)c1. The second kappa shape index (κ2) is 5.58. The van der Waals surface area contributed by atoms with E-state index in [1.807, 2.05) is 0 Å². The molecule has 0 aromatic heterocycles. The number of hydrogen-bond acceptors (Lipinski definition) is 3. The summed E-state index contributed by atoms with van der Waals surface area (Å²) in [5, 5.41) is 8.04. The number of primary amides is 1. The van der Waals surface area contributed by atoms with Crippen molar-refractivity contribution in [1.29, 1.82) is 0 Å². The lowest BCUT2D eigenvalue weighted by atomic mass is 10.1. The third-order valence-electron chi connectivity index (χ3n) is 2.28. The molecule has 6 heteroatoms. The summed E-state index contributed by atoms with van der Waals surface area (Å²) < 4.78 is 11.7. The predicted octanol–water partition coefficient (Wildman–Crippen LogP) is 0.507. The minimum atomic E-state index is -1.43. The summed E-state index contributed by atoms with van der Waals surface area (Å²) in [6.07, 6.45) is 0. The van der Waals surface area contributed by atoms with Gasteiger partial charge < -0.3 is 10.8 Å². The second-order valence-corrected chi connectivity index (χ2v) is 5.33. The summed E-state index contributed by atoms with van der Waals surface area (Å²) in [5.41, 5.74) is 5.78. The molecule has 2 atom stereocenters. The third-order valence-corrected chi connectivity index (χ3v) is 3.92. The number of rotatable bonds is 5. The summed E-state index contributed by atoms with van der Waals surface area (Å²) in [5.74, 6) is -1.55. The predicted molar refractivity (Wildman–Crippen MR) is 63.9 cm³/mol. The molecule has 0 bridgehead atoms. The van der Waals surface area contributed by atoms with Crippen molar-refractivity contribution < 1.29 is 18.9 Å². The molecule has 2 unspecified atom stereocenters. The topological polar surface area (TPSA) is 97.5 Å². The molecule has 17 heavy (non-hydrogen) atoms. The molecule has 0 saturated carbocycles. The molecule has 0 fully saturated rings. The summed E-state index contributed by atoms with van der Waals surface area (Å²) in [7, 11) is -1.43. The third kappa shape index (κ3) is 3.67. The van der Waals surface area contributed by atoms with Gasteiger partial charge >= 0.3 is 5.97 Å². The fourth-order valence-corrected chi connectivity index (χ4v) is 2.23. The van der Waals surface area contributed by atoms with Crippen molar-refractivity contribution in [1.82, 2.24) is 0 Å². The Morgan fingerprint density at radius 3 is 2.65 bits per heavy atom. The van der Waals surface area contributed by atoms with Crippen LogP contribution in [-0.2, 0) is 21.3 Å². The highest BCUT2D eigenvalue weighted by Gasteiger charge is 2.17. The van der Waals surface area contributed by atoms with E-state index in [1.165, 1.54) is 19.1 Å². The maximum atomic E-state index is 11.7. The number of benzene rings is 1. The molecular formula is C11H13NO4S. The fourth-order valence-electron chi connectivity index (χ4n) is 1.21. The smallest absolute Gasteiger partial charge is 0.335 e. The van der Waals surface area contributed by atoms with Gasteiger partial charge in [0.1, 0.15) is 5.25 Å². The Bertz CT molecular complexity index is 472. The Kier molecular flexibility index (Phi) is 4.39. The molecule has 1 aromatic carbocycles. The van der Waals surface area contributed by atoms with Gasteiger partial charge in [-0.05, 0) is 24.6 Å². The number of amides is 1. The van der Waals surface area contributed by atoms with Crippen molar-refractivity contribution >= 4 is 22.7 Å². The molecule has 0 saturated heterocycles. The number of carbonyl (C=O) groups excluding carboxylic acids is 1. The molecule has 0 radical (unpaired) electrons. The number of carboxylic acid groups (broad SMARTS) is 1. The molecule has 1 amide bonds. The van der Waals surface area contributed by atoms with Crippen LogP contribution in [0.2, 0.25) is 0 Å². The maximum Gasteiger partial charge on any atom is 0.335 e. The van der Waals surface area contributed by atoms with Gasteiger partial charge in [0.05, 0.1) is 5.56 Å². The van der Waals surface area contributed by atoms with E-state index >= 15 is 0 Å². The first-order valence-electron chi connectivity index (χ1n) is 4.90. The van der Waals surface area contributed by atoms with Gasteiger partial charge in [-0.25, -0.2) is 4.79 Å². The lowest BCUT2D eigenvalue weighted by Gasteiger charge is -2.07. The highest BCUT2D eigenvalue weighted by atomic mass is 32.2. The van der Waals surface area contributed by atoms with E-state index in [4.69, 9.17) is 10.8 Å². The van der Waals surface area contributed by atoms with Crippen LogP contribution < -0.4 is 5.73 Å². The molecule has 92 valence electrons. The molecule has 0 heterocycles.